The molecule has 0 aliphatic carbocycles. The third-order valence-corrected chi connectivity index (χ3v) is 3.62. The third-order valence-electron chi connectivity index (χ3n) is 2.18. The van der Waals surface area contributed by atoms with Crippen LogP contribution in [-0.2, 0) is 0 Å². The van der Waals surface area contributed by atoms with E-state index in [1.807, 2.05) is 13.8 Å². The number of amides is 1. The zero-order chi connectivity index (χ0) is 12.4. The molecule has 0 bridgehead atoms. The molecule has 2 N–H and O–H groups in total. The lowest BCUT2D eigenvalue weighted by molar-refractivity contribution is 0.102. The van der Waals surface area contributed by atoms with E-state index in [0.29, 0.717) is 10.7 Å². The Morgan fingerprint density at radius 1 is 1.59 bits per heavy atom. The fourth-order valence-electron chi connectivity index (χ4n) is 1.37. The van der Waals surface area contributed by atoms with Crippen LogP contribution in [0.4, 0.5) is 5.82 Å². The molecule has 90 valence electrons. The minimum atomic E-state index is -0.166. The fraction of sp³-hybridized carbons (Fsp3) is 0.300. The van der Waals surface area contributed by atoms with Crippen molar-refractivity contribution in [1.82, 2.24) is 15.2 Å². The van der Waals surface area contributed by atoms with E-state index in [9.17, 15) is 4.79 Å². The number of carbonyl (C=O) groups is 1. The number of hydrogen-bond acceptors (Lipinski definition) is 4. The standard InChI is InChI=1S/C10H11BrN4OS/c1-5(2)7-8(17-4-12-7)10(16)14-9-6(11)3-13-15-9/h3-5H,1-2H3,(H2,13,14,15,16). The molecule has 0 saturated heterocycles. The summed E-state index contributed by atoms with van der Waals surface area (Å²) in [6.07, 6.45) is 1.59. The molecule has 0 aliphatic rings. The molecule has 0 radical (unpaired) electrons. The second kappa shape index (κ2) is 4.97. The van der Waals surface area contributed by atoms with Crippen LogP contribution < -0.4 is 5.32 Å². The first-order chi connectivity index (χ1) is 8.09. The maximum absolute atomic E-state index is 12.0. The van der Waals surface area contributed by atoms with Crippen molar-refractivity contribution in [2.45, 2.75) is 19.8 Å². The molecular weight excluding hydrogens is 304 g/mol. The molecule has 1 amide bonds. The van der Waals surface area contributed by atoms with Crippen LogP contribution in [0.25, 0.3) is 0 Å². The number of aromatic nitrogens is 3. The summed E-state index contributed by atoms with van der Waals surface area (Å²) in [4.78, 5) is 16.9. The molecule has 0 aromatic carbocycles. The number of aromatic amines is 1. The molecule has 2 heterocycles. The Morgan fingerprint density at radius 3 is 2.94 bits per heavy atom. The maximum Gasteiger partial charge on any atom is 0.268 e. The number of anilines is 1. The van der Waals surface area contributed by atoms with Gasteiger partial charge in [0, 0.05) is 0 Å². The van der Waals surface area contributed by atoms with Crippen LogP contribution in [0.5, 0.6) is 0 Å². The SMILES string of the molecule is CC(C)c1ncsc1C(=O)Nc1[nH]ncc1Br. The van der Waals surface area contributed by atoms with Crippen LogP contribution in [-0.4, -0.2) is 21.1 Å². The van der Waals surface area contributed by atoms with Gasteiger partial charge < -0.3 is 5.32 Å². The molecule has 0 atom stereocenters. The van der Waals surface area contributed by atoms with Crippen LogP contribution in [0.2, 0.25) is 0 Å². The number of nitrogens with zero attached hydrogens (tertiary/aromatic N) is 2. The predicted octanol–water partition coefficient (Wildman–Crippen LogP) is 3.00. The zero-order valence-corrected chi connectivity index (χ0v) is 11.7. The van der Waals surface area contributed by atoms with Gasteiger partial charge in [-0.15, -0.1) is 11.3 Å². The summed E-state index contributed by atoms with van der Waals surface area (Å²) in [6.45, 7) is 4.02. The quantitative estimate of drug-likeness (QED) is 0.914. The number of carbonyl (C=O) groups excluding carboxylic acids is 1. The number of rotatable bonds is 3. The molecule has 17 heavy (non-hydrogen) atoms. The minimum absolute atomic E-state index is 0.166. The lowest BCUT2D eigenvalue weighted by atomic mass is 10.1. The lowest BCUT2D eigenvalue weighted by Crippen LogP contribution is -2.13. The average Bonchev–Trinajstić information content (AvgIpc) is 2.87. The van der Waals surface area contributed by atoms with Crippen molar-refractivity contribution in [3.63, 3.8) is 0 Å². The van der Waals surface area contributed by atoms with Gasteiger partial charge in [-0.2, -0.15) is 5.10 Å². The van der Waals surface area contributed by atoms with E-state index < -0.39 is 0 Å². The normalized spacial score (nSPS) is 10.8. The summed E-state index contributed by atoms with van der Waals surface area (Å²) in [5, 5.41) is 9.27. The lowest BCUT2D eigenvalue weighted by Gasteiger charge is -2.05. The van der Waals surface area contributed by atoms with Gasteiger partial charge in [-0.05, 0) is 21.8 Å². The molecule has 0 spiro atoms. The van der Waals surface area contributed by atoms with E-state index >= 15 is 0 Å². The summed E-state index contributed by atoms with van der Waals surface area (Å²) in [6, 6.07) is 0. The first-order valence-electron chi connectivity index (χ1n) is 5.03. The Bertz CT molecular complexity index is 534. The van der Waals surface area contributed by atoms with Crippen molar-refractivity contribution in [3.05, 3.63) is 26.8 Å². The van der Waals surface area contributed by atoms with Crippen molar-refractivity contribution < 1.29 is 4.79 Å². The second-order valence-corrected chi connectivity index (χ2v) is 5.48. The van der Waals surface area contributed by atoms with E-state index in [4.69, 9.17) is 0 Å². The highest BCUT2D eigenvalue weighted by Crippen LogP contribution is 2.24. The third kappa shape index (κ3) is 2.55. The summed E-state index contributed by atoms with van der Waals surface area (Å²) in [5.74, 6) is 0.617. The highest BCUT2D eigenvalue weighted by molar-refractivity contribution is 9.10. The fourth-order valence-corrected chi connectivity index (χ4v) is 2.49. The monoisotopic (exact) mass is 314 g/mol. The Balaban J connectivity index is 2.21. The van der Waals surface area contributed by atoms with Gasteiger partial charge in [0.25, 0.3) is 5.91 Å². The van der Waals surface area contributed by atoms with E-state index in [-0.39, 0.29) is 11.8 Å². The number of thiazole rings is 1. The van der Waals surface area contributed by atoms with Crippen LogP contribution in [0.15, 0.2) is 16.2 Å². The number of nitrogens with one attached hydrogen (secondary N) is 2. The molecule has 0 aliphatic heterocycles. The van der Waals surface area contributed by atoms with Gasteiger partial charge in [-0.3, -0.25) is 9.89 Å². The van der Waals surface area contributed by atoms with Crippen LogP contribution in [0, 0.1) is 0 Å². The molecule has 0 saturated carbocycles. The van der Waals surface area contributed by atoms with Crippen LogP contribution >= 0.6 is 27.3 Å². The largest absolute Gasteiger partial charge is 0.305 e. The highest BCUT2D eigenvalue weighted by atomic mass is 79.9. The van der Waals surface area contributed by atoms with Gasteiger partial charge in [0.2, 0.25) is 0 Å². The maximum atomic E-state index is 12.0. The summed E-state index contributed by atoms with van der Waals surface area (Å²) >= 11 is 4.63. The van der Waals surface area contributed by atoms with Crippen molar-refractivity contribution in [1.29, 1.82) is 0 Å². The van der Waals surface area contributed by atoms with Gasteiger partial charge in [0.05, 0.1) is 21.9 Å². The highest BCUT2D eigenvalue weighted by Gasteiger charge is 2.18. The van der Waals surface area contributed by atoms with Gasteiger partial charge >= 0.3 is 0 Å². The van der Waals surface area contributed by atoms with E-state index in [1.165, 1.54) is 11.3 Å². The van der Waals surface area contributed by atoms with Crippen LogP contribution in [0.1, 0.15) is 35.1 Å². The summed E-state index contributed by atoms with van der Waals surface area (Å²) in [7, 11) is 0. The predicted molar refractivity (Wildman–Crippen MR) is 70.4 cm³/mol. The van der Waals surface area contributed by atoms with Gasteiger partial charge in [-0.1, -0.05) is 13.8 Å². The molecule has 2 rings (SSSR count). The van der Waals surface area contributed by atoms with Crippen molar-refractivity contribution in [2.24, 2.45) is 0 Å². The van der Waals surface area contributed by atoms with Crippen LogP contribution in [0.3, 0.4) is 0 Å². The molecule has 0 unspecified atom stereocenters. The van der Waals surface area contributed by atoms with E-state index in [2.05, 4.69) is 36.4 Å². The van der Waals surface area contributed by atoms with Crippen molar-refractivity contribution >= 4 is 39.0 Å². The smallest absolute Gasteiger partial charge is 0.268 e. The molecule has 0 fully saturated rings. The molecule has 5 nitrogen and oxygen atoms in total. The molecule has 2 aromatic rings. The zero-order valence-electron chi connectivity index (χ0n) is 9.32. The first-order valence-corrected chi connectivity index (χ1v) is 6.70. The summed E-state index contributed by atoms with van der Waals surface area (Å²) in [5.41, 5.74) is 2.51. The first kappa shape index (κ1) is 12.3. The Kier molecular flexibility index (Phi) is 3.58. The van der Waals surface area contributed by atoms with Gasteiger partial charge in [0.1, 0.15) is 10.7 Å². The van der Waals surface area contributed by atoms with Crippen molar-refractivity contribution in [2.75, 3.05) is 5.32 Å². The van der Waals surface area contributed by atoms with Gasteiger partial charge in [0.15, 0.2) is 0 Å². The summed E-state index contributed by atoms with van der Waals surface area (Å²) < 4.78 is 0.724. The number of H-pyrrole nitrogens is 1. The molecule has 2 aromatic heterocycles. The average molecular weight is 315 g/mol. The minimum Gasteiger partial charge on any atom is -0.305 e. The molecular formula is C10H11BrN4OS. The number of hydrogen-bond donors (Lipinski definition) is 2. The van der Waals surface area contributed by atoms with Crippen molar-refractivity contribution in [3.8, 4) is 0 Å². The Labute approximate surface area is 111 Å². The molecule has 7 heteroatoms. The van der Waals surface area contributed by atoms with E-state index in [0.717, 1.165) is 10.2 Å². The second-order valence-electron chi connectivity index (χ2n) is 3.77. The Hall–Kier alpha value is -1.21. The van der Waals surface area contributed by atoms with Gasteiger partial charge in [-0.25, -0.2) is 4.98 Å². The topological polar surface area (TPSA) is 70.7 Å². The Morgan fingerprint density at radius 2 is 2.35 bits per heavy atom. The van der Waals surface area contributed by atoms with E-state index in [1.54, 1.807) is 11.7 Å². The number of halogens is 1.